The van der Waals surface area contributed by atoms with Gasteiger partial charge in [-0.1, -0.05) is 31.2 Å². The van der Waals surface area contributed by atoms with Crippen LogP contribution in [-0.4, -0.2) is 49.5 Å². The summed E-state index contributed by atoms with van der Waals surface area (Å²) in [7, 11) is 3.48. The van der Waals surface area contributed by atoms with E-state index < -0.39 is 0 Å². The zero-order valence-corrected chi connectivity index (χ0v) is 13.6. The SMILES string of the molecule is C=C(C)CN(CC)CC(=O)N(C)Cc1ccc(OC)cc1. The molecule has 21 heavy (non-hydrogen) atoms. The highest BCUT2D eigenvalue weighted by Gasteiger charge is 2.13. The molecule has 4 heteroatoms. The van der Waals surface area contributed by atoms with Crippen molar-refractivity contribution in [1.82, 2.24) is 9.80 Å². The number of rotatable bonds is 8. The van der Waals surface area contributed by atoms with Crippen LogP contribution in [0.1, 0.15) is 19.4 Å². The predicted octanol–water partition coefficient (Wildman–Crippen LogP) is 2.55. The van der Waals surface area contributed by atoms with E-state index in [9.17, 15) is 4.79 Å². The van der Waals surface area contributed by atoms with Crippen LogP contribution < -0.4 is 4.74 Å². The zero-order valence-electron chi connectivity index (χ0n) is 13.6. The number of amides is 1. The topological polar surface area (TPSA) is 32.8 Å². The van der Waals surface area contributed by atoms with Gasteiger partial charge in [0.25, 0.3) is 0 Å². The summed E-state index contributed by atoms with van der Waals surface area (Å²) < 4.78 is 5.13. The van der Waals surface area contributed by atoms with Crippen molar-refractivity contribution in [1.29, 1.82) is 0 Å². The molecular weight excluding hydrogens is 264 g/mol. The fourth-order valence-corrected chi connectivity index (χ4v) is 2.07. The minimum Gasteiger partial charge on any atom is -0.497 e. The first-order chi connectivity index (χ1) is 9.96. The molecule has 0 saturated carbocycles. The van der Waals surface area contributed by atoms with E-state index in [0.717, 1.165) is 30.0 Å². The van der Waals surface area contributed by atoms with Gasteiger partial charge < -0.3 is 9.64 Å². The molecule has 1 aromatic rings. The molecule has 0 atom stereocenters. The van der Waals surface area contributed by atoms with Gasteiger partial charge in [0.1, 0.15) is 5.75 Å². The van der Waals surface area contributed by atoms with Crippen molar-refractivity contribution in [2.45, 2.75) is 20.4 Å². The molecule has 1 aromatic carbocycles. The predicted molar refractivity (Wildman–Crippen MR) is 86.4 cm³/mol. The molecule has 0 bridgehead atoms. The first kappa shape index (κ1) is 17.2. The number of ether oxygens (including phenoxy) is 1. The Kier molecular flexibility index (Phi) is 6.96. The van der Waals surface area contributed by atoms with Gasteiger partial charge in [0.2, 0.25) is 5.91 Å². The first-order valence-corrected chi connectivity index (χ1v) is 7.19. The monoisotopic (exact) mass is 290 g/mol. The molecule has 0 spiro atoms. The Labute approximate surface area is 128 Å². The zero-order chi connectivity index (χ0) is 15.8. The van der Waals surface area contributed by atoms with Crippen molar-refractivity contribution in [2.24, 2.45) is 0 Å². The standard InChI is InChI=1S/C17H26N2O2/c1-6-19(11-14(2)3)13-17(20)18(4)12-15-7-9-16(21-5)10-8-15/h7-10H,2,6,11-13H2,1,3-5H3. The smallest absolute Gasteiger partial charge is 0.236 e. The molecular formula is C17H26N2O2. The third kappa shape index (κ3) is 6.00. The molecule has 116 valence electrons. The minimum atomic E-state index is 0.119. The van der Waals surface area contributed by atoms with E-state index >= 15 is 0 Å². The lowest BCUT2D eigenvalue weighted by molar-refractivity contribution is -0.131. The van der Waals surface area contributed by atoms with E-state index in [0.29, 0.717) is 13.1 Å². The second-order valence-electron chi connectivity index (χ2n) is 5.36. The van der Waals surface area contributed by atoms with Crippen LogP contribution in [-0.2, 0) is 11.3 Å². The van der Waals surface area contributed by atoms with Crippen LogP contribution in [0.3, 0.4) is 0 Å². The maximum Gasteiger partial charge on any atom is 0.236 e. The summed E-state index contributed by atoms with van der Waals surface area (Å²) in [6.45, 7) is 10.6. The van der Waals surface area contributed by atoms with Crippen molar-refractivity contribution >= 4 is 5.91 Å². The summed E-state index contributed by atoms with van der Waals surface area (Å²) in [5.74, 6) is 0.945. The molecule has 0 saturated heterocycles. The molecule has 0 N–H and O–H groups in total. The third-order valence-electron chi connectivity index (χ3n) is 3.30. The van der Waals surface area contributed by atoms with Gasteiger partial charge in [-0.2, -0.15) is 0 Å². The molecule has 0 aliphatic heterocycles. The van der Waals surface area contributed by atoms with Crippen LogP contribution >= 0.6 is 0 Å². The number of methoxy groups -OCH3 is 1. The van der Waals surface area contributed by atoms with Crippen molar-refractivity contribution in [3.8, 4) is 5.75 Å². The summed E-state index contributed by atoms with van der Waals surface area (Å²) >= 11 is 0. The summed E-state index contributed by atoms with van der Waals surface area (Å²) in [6, 6.07) is 7.78. The summed E-state index contributed by atoms with van der Waals surface area (Å²) in [6.07, 6.45) is 0. The molecule has 0 radical (unpaired) electrons. The van der Waals surface area contributed by atoms with Crippen molar-refractivity contribution < 1.29 is 9.53 Å². The number of nitrogens with zero attached hydrogens (tertiary/aromatic N) is 2. The fraction of sp³-hybridized carbons (Fsp3) is 0.471. The maximum absolute atomic E-state index is 12.3. The Morgan fingerprint density at radius 2 is 1.86 bits per heavy atom. The largest absolute Gasteiger partial charge is 0.497 e. The Balaban J connectivity index is 2.54. The van der Waals surface area contributed by atoms with Gasteiger partial charge in [-0.15, -0.1) is 0 Å². The lowest BCUT2D eigenvalue weighted by atomic mass is 10.2. The van der Waals surface area contributed by atoms with Crippen LogP contribution in [0.25, 0.3) is 0 Å². The normalized spacial score (nSPS) is 10.5. The molecule has 0 heterocycles. The van der Waals surface area contributed by atoms with Crippen LogP contribution in [0, 0.1) is 0 Å². The number of benzene rings is 1. The molecule has 0 unspecified atom stereocenters. The summed E-state index contributed by atoms with van der Waals surface area (Å²) in [5.41, 5.74) is 2.16. The number of carbonyl (C=O) groups excluding carboxylic acids is 1. The van der Waals surface area contributed by atoms with Gasteiger partial charge in [-0.05, 0) is 31.2 Å². The van der Waals surface area contributed by atoms with Gasteiger partial charge in [0, 0.05) is 20.1 Å². The molecule has 1 rings (SSSR count). The van der Waals surface area contributed by atoms with E-state index in [-0.39, 0.29) is 5.91 Å². The van der Waals surface area contributed by atoms with Gasteiger partial charge in [-0.25, -0.2) is 0 Å². The van der Waals surface area contributed by atoms with Gasteiger partial charge in [0.05, 0.1) is 13.7 Å². The lowest BCUT2D eigenvalue weighted by Crippen LogP contribution is -2.38. The number of carbonyl (C=O) groups is 1. The molecule has 0 aromatic heterocycles. The third-order valence-corrected chi connectivity index (χ3v) is 3.30. The summed E-state index contributed by atoms with van der Waals surface area (Å²) in [5, 5.41) is 0. The molecule has 1 amide bonds. The highest BCUT2D eigenvalue weighted by atomic mass is 16.5. The summed E-state index contributed by atoms with van der Waals surface area (Å²) in [4.78, 5) is 16.1. The minimum absolute atomic E-state index is 0.119. The lowest BCUT2D eigenvalue weighted by Gasteiger charge is -2.24. The number of hydrogen-bond donors (Lipinski definition) is 0. The average molecular weight is 290 g/mol. The van der Waals surface area contributed by atoms with Crippen LogP contribution in [0.15, 0.2) is 36.4 Å². The van der Waals surface area contributed by atoms with Gasteiger partial charge >= 0.3 is 0 Å². The molecule has 0 fully saturated rings. The highest BCUT2D eigenvalue weighted by Crippen LogP contribution is 2.12. The Hall–Kier alpha value is -1.81. The second kappa shape index (κ2) is 8.47. The molecule has 0 aliphatic rings. The van der Waals surface area contributed by atoms with Crippen molar-refractivity contribution in [2.75, 3.05) is 33.8 Å². The first-order valence-electron chi connectivity index (χ1n) is 7.19. The Morgan fingerprint density at radius 3 is 2.33 bits per heavy atom. The van der Waals surface area contributed by atoms with E-state index in [2.05, 4.69) is 18.4 Å². The van der Waals surface area contributed by atoms with E-state index in [1.807, 2.05) is 38.2 Å². The Bertz CT molecular complexity index is 468. The number of hydrogen-bond acceptors (Lipinski definition) is 3. The van der Waals surface area contributed by atoms with Crippen LogP contribution in [0.2, 0.25) is 0 Å². The maximum atomic E-state index is 12.3. The Morgan fingerprint density at radius 1 is 1.24 bits per heavy atom. The van der Waals surface area contributed by atoms with E-state index in [1.54, 1.807) is 12.0 Å². The van der Waals surface area contributed by atoms with Crippen LogP contribution in [0.4, 0.5) is 0 Å². The van der Waals surface area contributed by atoms with E-state index in [4.69, 9.17) is 4.74 Å². The molecule has 4 nitrogen and oxygen atoms in total. The average Bonchev–Trinajstić information content (AvgIpc) is 2.46. The number of likely N-dealkylation sites (N-methyl/N-ethyl adjacent to an activating group) is 2. The molecule has 0 aliphatic carbocycles. The van der Waals surface area contributed by atoms with E-state index in [1.165, 1.54) is 0 Å². The second-order valence-corrected chi connectivity index (χ2v) is 5.36. The van der Waals surface area contributed by atoms with Gasteiger partial charge in [-0.3, -0.25) is 9.69 Å². The van der Waals surface area contributed by atoms with Gasteiger partial charge in [0.15, 0.2) is 0 Å². The van der Waals surface area contributed by atoms with Crippen molar-refractivity contribution in [3.63, 3.8) is 0 Å². The fourth-order valence-electron chi connectivity index (χ4n) is 2.07. The van der Waals surface area contributed by atoms with Crippen LogP contribution in [0.5, 0.6) is 5.75 Å². The quantitative estimate of drug-likeness (QED) is 0.690. The highest BCUT2D eigenvalue weighted by molar-refractivity contribution is 5.78. The van der Waals surface area contributed by atoms with Crippen molar-refractivity contribution in [3.05, 3.63) is 42.0 Å².